The van der Waals surface area contributed by atoms with Crippen molar-refractivity contribution in [1.29, 1.82) is 0 Å². The molecule has 0 aromatic carbocycles. The molecule has 0 bridgehead atoms. The first-order chi connectivity index (χ1) is 4.81. The summed E-state index contributed by atoms with van der Waals surface area (Å²) in [4.78, 5) is 0. The predicted molar refractivity (Wildman–Crippen MR) is 54.6 cm³/mol. The molecule has 0 amide bonds. The lowest BCUT2D eigenvalue weighted by Crippen LogP contribution is -1.88. The molecule has 2 heteroatoms. The van der Waals surface area contributed by atoms with E-state index in [1.54, 1.807) is 0 Å². The van der Waals surface area contributed by atoms with Crippen molar-refractivity contribution in [2.45, 2.75) is 32.4 Å². The van der Waals surface area contributed by atoms with E-state index in [4.69, 9.17) is 0 Å². The maximum absolute atomic E-state index is 2.27. The van der Waals surface area contributed by atoms with Gasteiger partial charge < -0.3 is 0 Å². The van der Waals surface area contributed by atoms with Gasteiger partial charge in [0.15, 0.2) is 0 Å². The van der Waals surface area contributed by atoms with Crippen LogP contribution in [0.15, 0.2) is 12.2 Å². The summed E-state index contributed by atoms with van der Waals surface area (Å²) in [6, 6.07) is 0. The topological polar surface area (TPSA) is 0 Å². The van der Waals surface area contributed by atoms with Gasteiger partial charge in [-0.2, -0.15) is 0 Å². The molecule has 0 aliphatic carbocycles. The molecule has 0 aromatic heterocycles. The smallest absolute Gasteiger partial charge is 0.0217 e. The lowest BCUT2D eigenvalue weighted by Gasteiger charge is -2.04. The maximum Gasteiger partial charge on any atom is 0.0217 e. The number of hydrogen-bond donors (Lipinski definition) is 0. The first-order valence-electron chi connectivity index (χ1n) is 3.70. The maximum atomic E-state index is 2.27. The molecule has 0 fully saturated rings. The second-order valence-corrected chi connectivity index (χ2v) is 5.02. The van der Waals surface area contributed by atoms with Crippen LogP contribution >= 0.6 is 21.6 Å². The molecule has 1 unspecified atom stereocenters. The van der Waals surface area contributed by atoms with E-state index in [-0.39, 0.29) is 0 Å². The Bertz CT molecular complexity index is 89.3. The van der Waals surface area contributed by atoms with E-state index >= 15 is 0 Å². The van der Waals surface area contributed by atoms with Gasteiger partial charge in [0.2, 0.25) is 0 Å². The van der Waals surface area contributed by atoms with Gasteiger partial charge in [-0.1, -0.05) is 47.6 Å². The van der Waals surface area contributed by atoms with Crippen molar-refractivity contribution < 1.29 is 0 Å². The van der Waals surface area contributed by atoms with E-state index in [9.17, 15) is 0 Å². The quantitative estimate of drug-likeness (QED) is 0.355. The van der Waals surface area contributed by atoms with Crippen molar-refractivity contribution in [3.8, 4) is 0 Å². The Balaban J connectivity index is 3.03. The van der Waals surface area contributed by atoms with Crippen LogP contribution in [-0.4, -0.2) is 11.0 Å². The summed E-state index contributed by atoms with van der Waals surface area (Å²) in [6.45, 7) is 6.57. The van der Waals surface area contributed by atoms with Crippen molar-refractivity contribution >= 4 is 21.6 Å². The van der Waals surface area contributed by atoms with Crippen LogP contribution in [-0.2, 0) is 0 Å². The summed E-state index contributed by atoms with van der Waals surface area (Å²) >= 11 is 0. The highest BCUT2D eigenvalue weighted by Gasteiger charge is 1.96. The minimum atomic E-state index is 0.801. The van der Waals surface area contributed by atoms with E-state index in [0.717, 1.165) is 11.0 Å². The molecule has 0 aromatic rings. The fourth-order valence-corrected chi connectivity index (χ4v) is 2.65. The lowest BCUT2D eigenvalue weighted by molar-refractivity contribution is 0.912. The van der Waals surface area contributed by atoms with Crippen LogP contribution in [0.1, 0.15) is 27.2 Å². The summed E-state index contributed by atoms with van der Waals surface area (Å²) in [6.07, 6.45) is 5.57. The van der Waals surface area contributed by atoms with Gasteiger partial charge in [0.1, 0.15) is 0 Å². The Labute approximate surface area is 72.3 Å². The van der Waals surface area contributed by atoms with Crippen molar-refractivity contribution in [3.63, 3.8) is 0 Å². The Morgan fingerprint density at radius 1 is 1.50 bits per heavy atom. The summed E-state index contributed by atoms with van der Waals surface area (Å²) < 4.78 is 0. The van der Waals surface area contributed by atoms with E-state index < -0.39 is 0 Å². The van der Waals surface area contributed by atoms with Gasteiger partial charge in [-0.15, -0.1) is 0 Å². The van der Waals surface area contributed by atoms with Crippen LogP contribution in [0.25, 0.3) is 0 Å². The molecule has 0 saturated carbocycles. The molecule has 0 nitrogen and oxygen atoms in total. The lowest BCUT2D eigenvalue weighted by atomic mass is 10.4. The molecule has 0 spiro atoms. The molecule has 0 aliphatic heterocycles. The summed E-state index contributed by atoms with van der Waals surface area (Å²) in [5, 5.41) is 0.801. The standard InChI is InChI=1S/C8H16S2/c1-4-6-7-9-10-8(3)5-2/h4,6,8H,5,7H2,1-3H3/b6-4+. The molecule has 60 valence electrons. The zero-order valence-corrected chi connectivity index (χ0v) is 8.60. The minimum absolute atomic E-state index is 0.801. The van der Waals surface area contributed by atoms with Crippen LogP contribution in [0.4, 0.5) is 0 Å². The monoisotopic (exact) mass is 176 g/mol. The van der Waals surface area contributed by atoms with Gasteiger partial charge >= 0.3 is 0 Å². The van der Waals surface area contributed by atoms with E-state index in [0.29, 0.717) is 0 Å². The second-order valence-electron chi connectivity index (χ2n) is 2.17. The Hall–Kier alpha value is 0.440. The molecular formula is C8H16S2. The van der Waals surface area contributed by atoms with E-state index in [1.807, 2.05) is 21.6 Å². The molecule has 1 atom stereocenters. The van der Waals surface area contributed by atoms with E-state index in [2.05, 4.69) is 32.9 Å². The molecule has 0 aliphatic rings. The average Bonchev–Trinajstić information content (AvgIpc) is 1.98. The highest BCUT2D eigenvalue weighted by Crippen LogP contribution is 2.27. The molecule has 0 rings (SSSR count). The van der Waals surface area contributed by atoms with Crippen molar-refractivity contribution in [1.82, 2.24) is 0 Å². The van der Waals surface area contributed by atoms with Crippen LogP contribution in [0, 0.1) is 0 Å². The van der Waals surface area contributed by atoms with Crippen molar-refractivity contribution in [2.24, 2.45) is 0 Å². The Morgan fingerprint density at radius 2 is 2.20 bits per heavy atom. The fourth-order valence-electron chi connectivity index (χ4n) is 0.359. The highest BCUT2D eigenvalue weighted by molar-refractivity contribution is 8.77. The third-order valence-corrected chi connectivity index (χ3v) is 4.14. The number of allylic oxidation sites excluding steroid dienone is 1. The largest absolute Gasteiger partial charge is 0.0908 e. The van der Waals surface area contributed by atoms with Crippen LogP contribution in [0.2, 0.25) is 0 Å². The Morgan fingerprint density at radius 3 is 2.70 bits per heavy atom. The second kappa shape index (κ2) is 7.55. The zero-order valence-electron chi connectivity index (χ0n) is 6.96. The number of hydrogen-bond acceptors (Lipinski definition) is 2. The molecule has 0 N–H and O–H groups in total. The molecule has 0 heterocycles. The number of rotatable bonds is 5. The summed E-state index contributed by atoms with van der Waals surface area (Å²) in [5.74, 6) is 1.14. The minimum Gasteiger partial charge on any atom is -0.0908 e. The first kappa shape index (κ1) is 10.4. The van der Waals surface area contributed by atoms with Gasteiger partial charge in [-0.25, -0.2) is 0 Å². The van der Waals surface area contributed by atoms with Crippen molar-refractivity contribution in [3.05, 3.63) is 12.2 Å². The molecular weight excluding hydrogens is 160 g/mol. The zero-order chi connectivity index (χ0) is 7.82. The van der Waals surface area contributed by atoms with Gasteiger partial charge in [-0.05, 0) is 13.3 Å². The molecule has 0 radical (unpaired) electrons. The van der Waals surface area contributed by atoms with Gasteiger partial charge in [0.05, 0.1) is 0 Å². The molecule has 0 saturated heterocycles. The normalized spacial score (nSPS) is 14.3. The summed E-state index contributed by atoms with van der Waals surface area (Å²) in [7, 11) is 3.92. The first-order valence-corrected chi connectivity index (χ1v) is 6.08. The van der Waals surface area contributed by atoms with Crippen LogP contribution in [0.3, 0.4) is 0 Å². The third-order valence-electron chi connectivity index (χ3n) is 1.21. The highest BCUT2D eigenvalue weighted by atomic mass is 33.1. The predicted octanol–water partition coefficient (Wildman–Crippen LogP) is 3.74. The third kappa shape index (κ3) is 6.56. The van der Waals surface area contributed by atoms with Gasteiger partial charge in [0, 0.05) is 11.0 Å². The molecule has 10 heavy (non-hydrogen) atoms. The van der Waals surface area contributed by atoms with Gasteiger partial charge in [0.25, 0.3) is 0 Å². The van der Waals surface area contributed by atoms with Gasteiger partial charge in [-0.3, -0.25) is 0 Å². The Kier molecular flexibility index (Phi) is 7.88. The van der Waals surface area contributed by atoms with Crippen LogP contribution < -0.4 is 0 Å². The average molecular weight is 176 g/mol. The van der Waals surface area contributed by atoms with Crippen molar-refractivity contribution in [2.75, 3.05) is 5.75 Å². The van der Waals surface area contributed by atoms with Crippen LogP contribution in [0.5, 0.6) is 0 Å². The summed E-state index contributed by atoms with van der Waals surface area (Å²) in [5.41, 5.74) is 0. The fraction of sp³-hybridized carbons (Fsp3) is 0.750. The van der Waals surface area contributed by atoms with E-state index in [1.165, 1.54) is 6.42 Å². The SMILES string of the molecule is C/C=C/CSSC(C)CC.